The number of carboxylic acids is 1. The Labute approximate surface area is 117 Å². The van der Waals surface area contributed by atoms with Crippen molar-refractivity contribution in [3.63, 3.8) is 0 Å². The number of sulfone groups is 1. The summed E-state index contributed by atoms with van der Waals surface area (Å²) < 4.78 is 22.3. The first-order valence-electron chi connectivity index (χ1n) is 3.81. The highest BCUT2D eigenvalue weighted by Gasteiger charge is 2.37. The van der Waals surface area contributed by atoms with Gasteiger partial charge in [-0.2, -0.15) is 0 Å². The summed E-state index contributed by atoms with van der Waals surface area (Å²) >= 11 is 8.69. The molecule has 0 fully saturated rings. The molecule has 88 valence electrons. The zero-order chi connectivity index (χ0) is 12.6. The molecule has 0 atom stereocenters. The number of alkyl halides is 3. The maximum absolute atomic E-state index is 11.9. The molecule has 0 radical (unpaired) electrons. The number of halogens is 3. The molecular weight excluding hydrogens is 432 g/mol. The van der Waals surface area contributed by atoms with Crippen molar-refractivity contribution in [3.8, 4) is 0 Å². The number of carboxylic acid groups (broad SMARTS) is 1. The lowest BCUT2D eigenvalue weighted by Gasteiger charge is -2.13. The summed E-state index contributed by atoms with van der Waals surface area (Å²) in [4.78, 5) is 10.6. The van der Waals surface area contributed by atoms with Crippen molar-refractivity contribution in [1.29, 1.82) is 0 Å². The van der Waals surface area contributed by atoms with E-state index >= 15 is 0 Å². The molecule has 1 rings (SSSR count). The molecule has 0 bridgehead atoms. The standard InChI is InChI=1S/C8H5Br3O4S/c9-8(10,11)16(14,15)6-3-1-2-5(4-6)7(12)13/h1-4H,(H,12,13). The van der Waals surface area contributed by atoms with E-state index in [9.17, 15) is 13.2 Å². The normalized spacial score (nSPS) is 12.4. The molecule has 0 amide bonds. The van der Waals surface area contributed by atoms with Gasteiger partial charge >= 0.3 is 5.97 Å². The summed E-state index contributed by atoms with van der Waals surface area (Å²) in [5.41, 5.74) is -0.0853. The van der Waals surface area contributed by atoms with Crippen LogP contribution in [0.3, 0.4) is 0 Å². The first-order valence-corrected chi connectivity index (χ1v) is 7.67. The van der Waals surface area contributed by atoms with Gasteiger partial charge in [-0.3, -0.25) is 0 Å². The van der Waals surface area contributed by atoms with Gasteiger partial charge < -0.3 is 5.11 Å². The van der Waals surface area contributed by atoms with Gasteiger partial charge in [0, 0.05) is 0 Å². The Bertz CT molecular complexity index is 518. The predicted molar refractivity (Wildman–Crippen MR) is 70.1 cm³/mol. The molecular formula is C8H5Br3O4S. The molecule has 0 heterocycles. The van der Waals surface area contributed by atoms with Crippen LogP contribution in [0, 0.1) is 0 Å². The van der Waals surface area contributed by atoms with Crippen LogP contribution in [-0.4, -0.2) is 21.0 Å². The van der Waals surface area contributed by atoms with E-state index in [1.54, 1.807) is 0 Å². The molecule has 16 heavy (non-hydrogen) atoms. The van der Waals surface area contributed by atoms with Crippen LogP contribution in [0.1, 0.15) is 10.4 Å². The number of hydrogen-bond acceptors (Lipinski definition) is 3. The van der Waals surface area contributed by atoms with Crippen molar-refractivity contribution in [2.45, 2.75) is 6.37 Å². The van der Waals surface area contributed by atoms with Crippen molar-refractivity contribution in [2.75, 3.05) is 0 Å². The summed E-state index contributed by atoms with van der Waals surface area (Å²) in [7, 11) is -3.75. The van der Waals surface area contributed by atoms with Crippen molar-refractivity contribution in [1.82, 2.24) is 0 Å². The fourth-order valence-electron chi connectivity index (χ4n) is 0.930. The highest BCUT2D eigenvalue weighted by Crippen LogP contribution is 2.43. The number of carbonyl (C=O) groups is 1. The van der Waals surface area contributed by atoms with Crippen LogP contribution in [0.15, 0.2) is 29.2 Å². The first-order chi connectivity index (χ1) is 7.16. The van der Waals surface area contributed by atoms with E-state index in [1.165, 1.54) is 18.2 Å². The number of hydrogen-bond donors (Lipinski definition) is 1. The Morgan fingerprint density at radius 1 is 1.25 bits per heavy atom. The molecule has 0 aliphatic carbocycles. The maximum Gasteiger partial charge on any atom is 0.335 e. The lowest BCUT2D eigenvalue weighted by atomic mass is 10.2. The average molecular weight is 437 g/mol. The molecule has 4 nitrogen and oxygen atoms in total. The van der Waals surface area contributed by atoms with E-state index < -0.39 is 17.3 Å². The van der Waals surface area contributed by atoms with Gasteiger partial charge in [-0.05, 0) is 66.0 Å². The highest BCUT2D eigenvalue weighted by atomic mass is 80.0. The van der Waals surface area contributed by atoms with Crippen LogP contribution in [-0.2, 0) is 9.84 Å². The summed E-state index contributed by atoms with van der Waals surface area (Å²) in [6, 6.07) is 5.10. The van der Waals surface area contributed by atoms with Crippen LogP contribution in [0.2, 0.25) is 0 Å². The Morgan fingerprint density at radius 2 is 1.81 bits per heavy atom. The molecule has 0 saturated carbocycles. The van der Waals surface area contributed by atoms with Crippen LogP contribution < -0.4 is 0 Å². The predicted octanol–water partition coefficient (Wildman–Crippen LogP) is 2.95. The average Bonchev–Trinajstić information content (AvgIpc) is 2.16. The van der Waals surface area contributed by atoms with Gasteiger partial charge in [0.15, 0.2) is 0 Å². The van der Waals surface area contributed by atoms with E-state index in [0.717, 1.165) is 6.07 Å². The molecule has 8 heteroatoms. The lowest BCUT2D eigenvalue weighted by Crippen LogP contribution is -2.18. The SMILES string of the molecule is O=C(O)c1cccc(S(=O)(=O)C(Br)(Br)Br)c1. The monoisotopic (exact) mass is 434 g/mol. The van der Waals surface area contributed by atoms with Crippen LogP contribution in [0.4, 0.5) is 0 Å². The second-order valence-electron chi connectivity index (χ2n) is 2.78. The Hall–Kier alpha value is 0.0800. The van der Waals surface area contributed by atoms with Gasteiger partial charge in [0.25, 0.3) is 0 Å². The second-order valence-corrected chi connectivity index (χ2v) is 13.2. The van der Waals surface area contributed by atoms with Gasteiger partial charge in [0.05, 0.1) is 10.5 Å². The van der Waals surface area contributed by atoms with Crippen LogP contribution in [0.5, 0.6) is 0 Å². The third-order valence-electron chi connectivity index (χ3n) is 1.70. The lowest BCUT2D eigenvalue weighted by molar-refractivity contribution is 0.0696. The number of rotatable bonds is 2. The molecule has 0 unspecified atom stereocenters. The fourth-order valence-corrected chi connectivity index (χ4v) is 3.42. The van der Waals surface area contributed by atoms with Gasteiger partial charge in [0.1, 0.15) is 0 Å². The molecule has 1 aromatic rings. The minimum absolute atomic E-state index is 0.0853. The Balaban J connectivity index is 3.36. The summed E-state index contributed by atoms with van der Waals surface area (Å²) in [6.45, 7) is 0. The fraction of sp³-hybridized carbons (Fsp3) is 0.125. The highest BCUT2D eigenvalue weighted by molar-refractivity contribution is 9.42. The molecule has 0 aliphatic rings. The van der Waals surface area contributed by atoms with Crippen molar-refractivity contribution in [3.05, 3.63) is 29.8 Å². The third-order valence-corrected chi connectivity index (χ3v) is 7.02. The van der Waals surface area contributed by atoms with Gasteiger partial charge in [-0.1, -0.05) is 6.07 Å². The van der Waals surface area contributed by atoms with E-state index in [-0.39, 0.29) is 10.5 Å². The molecule has 0 aromatic heterocycles. The van der Waals surface area contributed by atoms with E-state index in [2.05, 4.69) is 47.8 Å². The Kier molecular flexibility index (Phi) is 4.20. The van der Waals surface area contributed by atoms with E-state index in [1.807, 2.05) is 0 Å². The van der Waals surface area contributed by atoms with Gasteiger partial charge in [0.2, 0.25) is 11.3 Å². The zero-order valence-electron chi connectivity index (χ0n) is 7.52. The minimum atomic E-state index is -3.75. The van der Waals surface area contributed by atoms with Crippen LogP contribution >= 0.6 is 47.8 Å². The first kappa shape index (κ1) is 14.1. The van der Waals surface area contributed by atoms with Gasteiger partial charge in [-0.25, -0.2) is 13.2 Å². The smallest absolute Gasteiger partial charge is 0.335 e. The number of benzene rings is 1. The topological polar surface area (TPSA) is 71.4 Å². The van der Waals surface area contributed by atoms with E-state index in [0.29, 0.717) is 0 Å². The molecule has 0 aliphatic heterocycles. The molecule has 0 saturated heterocycles. The van der Waals surface area contributed by atoms with Gasteiger partial charge in [-0.15, -0.1) is 0 Å². The zero-order valence-corrected chi connectivity index (χ0v) is 13.1. The molecule has 0 spiro atoms. The summed E-state index contributed by atoms with van der Waals surface area (Å²) in [5, 5.41) is 8.75. The summed E-state index contributed by atoms with van der Waals surface area (Å²) in [5.74, 6) is -1.18. The second kappa shape index (κ2) is 4.75. The van der Waals surface area contributed by atoms with E-state index in [4.69, 9.17) is 5.11 Å². The van der Waals surface area contributed by atoms with Crippen molar-refractivity contribution >= 4 is 63.6 Å². The van der Waals surface area contributed by atoms with Crippen molar-refractivity contribution < 1.29 is 18.3 Å². The quantitative estimate of drug-likeness (QED) is 0.723. The number of aromatic carboxylic acids is 1. The molecule has 1 N–H and O–H groups in total. The Morgan fingerprint density at radius 3 is 2.25 bits per heavy atom. The van der Waals surface area contributed by atoms with Crippen LogP contribution in [0.25, 0.3) is 0 Å². The largest absolute Gasteiger partial charge is 0.478 e. The maximum atomic E-state index is 11.9. The summed E-state index contributed by atoms with van der Waals surface area (Å²) in [6.07, 6.45) is 0. The van der Waals surface area contributed by atoms with Crippen molar-refractivity contribution in [2.24, 2.45) is 0 Å². The third kappa shape index (κ3) is 2.85. The molecule has 1 aromatic carbocycles. The minimum Gasteiger partial charge on any atom is -0.478 e.